The van der Waals surface area contributed by atoms with Gasteiger partial charge in [0.05, 0.1) is 0 Å². The zero-order valence-corrected chi connectivity index (χ0v) is 14.2. The number of anilines is 1. The van der Waals surface area contributed by atoms with E-state index >= 15 is 0 Å². The van der Waals surface area contributed by atoms with Gasteiger partial charge in [-0.15, -0.1) is 0 Å². The monoisotopic (exact) mass is 332 g/mol. The van der Waals surface area contributed by atoms with Crippen molar-refractivity contribution in [3.63, 3.8) is 0 Å². The lowest BCUT2D eigenvalue weighted by molar-refractivity contribution is -0.145. The van der Waals surface area contributed by atoms with E-state index in [4.69, 9.17) is 14.9 Å². The van der Waals surface area contributed by atoms with Gasteiger partial charge in [-0.1, -0.05) is 0 Å². The highest BCUT2D eigenvalue weighted by atomic mass is 16.5. The Morgan fingerprint density at radius 3 is 2.67 bits per heavy atom. The summed E-state index contributed by atoms with van der Waals surface area (Å²) < 4.78 is 10.5. The number of hydrogen-bond donors (Lipinski definition) is 1. The van der Waals surface area contributed by atoms with Gasteiger partial charge in [-0.05, 0) is 38.9 Å². The molecule has 1 aromatic carbocycles. The minimum absolute atomic E-state index is 0.0517. The van der Waals surface area contributed by atoms with Crippen molar-refractivity contribution in [2.24, 2.45) is 5.73 Å². The third-order valence-corrected chi connectivity index (χ3v) is 3.92. The molecule has 6 nitrogen and oxygen atoms in total. The molecule has 0 spiro atoms. The van der Waals surface area contributed by atoms with E-state index < -0.39 is 5.63 Å². The summed E-state index contributed by atoms with van der Waals surface area (Å²) >= 11 is 0. The highest BCUT2D eigenvalue weighted by Gasteiger charge is 2.11. The quantitative estimate of drug-likeness (QED) is 0.590. The summed E-state index contributed by atoms with van der Waals surface area (Å²) in [5, 5.41) is 0.775. The Balaban J connectivity index is 2.27. The number of carbonyl (C=O) groups is 1. The highest BCUT2D eigenvalue weighted by Crippen LogP contribution is 2.24. The van der Waals surface area contributed by atoms with Gasteiger partial charge in [-0.2, -0.15) is 0 Å². The predicted molar refractivity (Wildman–Crippen MR) is 94.1 cm³/mol. The lowest BCUT2D eigenvalue weighted by Gasteiger charge is -2.21. The molecule has 0 fully saturated rings. The molecular formula is C18H24N2O4. The largest absolute Gasteiger partial charge is 0.461 e. The van der Waals surface area contributed by atoms with Crippen LogP contribution in [-0.4, -0.2) is 25.6 Å². The van der Waals surface area contributed by atoms with E-state index in [1.165, 1.54) is 6.07 Å². The van der Waals surface area contributed by atoms with E-state index in [0.717, 1.165) is 24.2 Å². The second kappa shape index (κ2) is 8.49. The first-order valence-electron chi connectivity index (χ1n) is 8.26. The summed E-state index contributed by atoms with van der Waals surface area (Å²) in [6.45, 7) is 6.37. The van der Waals surface area contributed by atoms with Crippen molar-refractivity contribution in [2.45, 2.75) is 33.3 Å². The number of hydrogen-bond acceptors (Lipinski definition) is 6. The van der Waals surface area contributed by atoms with Crippen LogP contribution in [0.15, 0.2) is 33.5 Å². The molecule has 0 bridgehead atoms. The number of carbonyl (C=O) groups excluding carboxylic acids is 1. The molecule has 0 aliphatic rings. The second-order valence-corrected chi connectivity index (χ2v) is 5.50. The molecule has 0 radical (unpaired) electrons. The fourth-order valence-corrected chi connectivity index (χ4v) is 2.60. The number of nitrogens with two attached hydrogens (primary N) is 1. The van der Waals surface area contributed by atoms with Gasteiger partial charge in [0, 0.05) is 48.3 Å². The van der Waals surface area contributed by atoms with E-state index in [0.29, 0.717) is 24.1 Å². The maximum absolute atomic E-state index is 11.8. The van der Waals surface area contributed by atoms with Crippen molar-refractivity contribution >= 4 is 22.6 Å². The summed E-state index contributed by atoms with van der Waals surface area (Å²) in [6, 6.07) is 7.10. The maximum Gasteiger partial charge on any atom is 0.336 e. The Morgan fingerprint density at radius 2 is 2.00 bits per heavy atom. The standard InChI is InChI=1S/C18H24N2O4/c1-3-20(4-2)14-7-8-15-13(10-18(22)24-16(15)11-14)12-23-17(21)6-5-9-19/h7-8,10-11H,3-6,9,12,19H2,1-2H3. The molecular weight excluding hydrogens is 308 g/mol. The SMILES string of the molecule is CCN(CC)c1ccc2c(COC(=O)CCCN)cc(=O)oc2c1. The number of ether oxygens (including phenoxy) is 1. The van der Waals surface area contributed by atoms with Crippen molar-refractivity contribution in [1.82, 2.24) is 0 Å². The minimum atomic E-state index is -0.452. The number of esters is 1. The Labute approximate surface area is 141 Å². The van der Waals surface area contributed by atoms with E-state index in [1.807, 2.05) is 18.2 Å². The molecule has 6 heteroatoms. The molecule has 0 unspecified atom stereocenters. The average molecular weight is 332 g/mol. The second-order valence-electron chi connectivity index (χ2n) is 5.50. The first-order valence-corrected chi connectivity index (χ1v) is 8.26. The molecule has 130 valence electrons. The van der Waals surface area contributed by atoms with Gasteiger partial charge in [-0.3, -0.25) is 4.79 Å². The van der Waals surface area contributed by atoms with Gasteiger partial charge in [0.2, 0.25) is 0 Å². The lowest BCUT2D eigenvalue weighted by Crippen LogP contribution is -2.21. The van der Waals surface area contributed by atoms with E-state index in [-0.39, 0.29) is 19.0 Å². The molecule has 1 heterocycles. The van der Waals surface area contributed by atoms with Crippen LogP contribution in [0, 0.1) is 0 Å². The van der Waals surface area contributed by atoms with E-state index in [1.54, 1.807) is 0 Å². The summed E-state index contributed by atoms with van der Waals surface area (Å²) in [5.74, 6) is -0.318. The van der Waals surface area contributed by atoms with Crippen LogP contribution in [0.2, 0.25) is 0 Å². The normalized spacial score (nSPS) is 10.8. The highest BCUT2D eigenvalue weighted by molar-refractivity contribution is 5.83. The number of benzene rings is 1. The Hall–Kier alpha value is -2.34. The van der Waals surface area contributed by atoms with Crippen LogP contribution in [0.1, 0.15) is 32.3 Å². The molecule has 2 aromatic rings. The van der Waals surface area contributed by atoms with Crippen LogP contribution in [0.3, 0.4) is 0 Å². The average Bonchev–Trinajstić information content (AvgIpc) is 2.58. The van der Waals surface area contributed by atoms with E-state index in [9.17, 15) is 9.59 Å². The molecule has 24 heavy (non-hydrogen) atoms. The van der Waals surface area contributed by atoms with Crippen LogP contribution in [0.5, 0.6) is 0 Å². The van der Waals surface area contributed by atoms with Crippen LogP contribution in [0.4, 0.5) is 5.69 Å². The molecule has 0 amide bonds. The van der Waals surface area contributed by atoms with Gasteiger partial charge < -0.3 is 19.8 Å². The number of nitrogens with zero attached hydrogens (tertiary/aromatic N) is 1. The fourth-order valence-electron chi connectivity index (χ4n) is 2.60. The molecule has 2 rings (SSSR count). The maximum atomic E-state index is 11.8. The molecule has 2 N–H and O–H groups in total. The Kier molecular flexibility index (Phi) is 6.37. The third-order valence-electron chi connectivity index (χ3n) is 3.92. The van der Waals surface area contributed by atoms with Crippen LogP contribution in [0.25, 0.3) is 11.0 Å². The van der Waals surface area contributed by atoms with Crippen LogP contribution >= 0.6 is 0 Å². The van der Waals surface area contributed by atoms with Gasteiger partial charge >= 0.3 is 11.6 Å². The molecule has 0 atom stereocenters. The first kappa shape index (κ1) is 18.0. The molecule has 0 saturated heterocycles. The van der Waals surface area contributed by atoms with Gasteiger partial charge in [0.1, 0.15) is 12.2 Å². The van der Waals surface area contributed by atoms with Crippen LogP contribution < -0.4 is 16.3 Å². The van der Waals surface area contributed by atoms with Crippen molar-refractivity contribution in [3.8, 4) is 0 Å². The minimum Gasteiger partial charge on any atom is -0.461 e. The van der Waals surface area contributed by atoms with Gasteiger partial charge in [0.15, 0.2) is 0 Å². The Bertz CT molecular complexity index is 750. The fraction of sp³-hybridized carbons (Fsp3) is 0.444. The molecule has 0 aliphatic heterocycles. The van der Waals surface area contributed by atoms with Crippen molar-refractivity contribution in [2.75, 3.05) is 24.5 Å². The topological polar surface area (TPSA) is 85.8 Å². The number of rotatable bonds is 8. The summed E-state index contributed by atoms with van der Waals surface area (Å²) in [5.41, 5.74) is 7.06. The zero-order valence-electron chi connectivity index (χ0n) is 14.2. The lowest BCUT2D eigenvalue weighted by atomic mass is 10.1. The van der Waals surface area contributed by atoms with Crippen molar-refractivity contribution in [3.05, 3.63) is 40.2 Å². The summed E-state index contributed by atoms with van der Waals surface area (Å²) in [4.78, 5) is 25.6. The molecule has 0 aliphatic carbocycles. The van der Waals surface area contributed by atoms with E-state index in [2.05, 4.69) is 18.7 Å². The Morgan fingerprint density at radius 1 is 1.25 bits per heavy atom. The van der Waals surface area contributed by atoms with Crippen molar-refractivity contribution in [1.29, 1.82) is 0 Å². The molecule has 1 aromatic heterocycles. The van der Waals surface area contributed by atoms with Crippen LogP contribution in [-0.2, 0) is 16.1 Å². The smallest absolute Gasteiger partial charge is 0.336 e. The zero-order chi connectivity index (χ0) is 17.5. The number of fused-ring (bicyclic) bond motifs is 1. The molecule has 0 saturated carbocycles. The summed E-state index contributed by atoms with van der Waals surface area (Å²) in [6.07, 6.45) is 0.867. The predicted octanol–water partition coefficient (Wildman–Crippen LogP) is 2.42. The van der Waals surface area contributed by atoms with Gasteiger partial charge in [0.25, 0.3) is 0 Å². The van der Waals surface area contributed by atoms with Crippen molar-refractivity contribution < 1.29 is 13.9 Å². The summed E-state index contributed by atoms with van der Waals surface area (Å²) in [7, 11) is 0. The first-order chi connectivity index (χ1) is 11.6. The third kappa shape index (κ3) is 4.35. The van der Waals surface area contributed by atoms with Gasteiger partial charge in [-0.25, -0.2) is 4.79 Å².